The normalized spacial score (nSPS) is 10.4. The second-order valence-electron chi connectivity index (χ2n) is 3.54. The second kappa shape index (κ2) is 6.24. The van der Waals surface area contributed by atoms with E-state index in [9.17, 15) is 0 Å². The van der Waals surface area contributed by atoms with Gasteiger partial charge in [0.25, 0.3) is 0 Å². The maximum absolute atomic E-state index is 8.25. The van der Waals surface area contributed by atoms with Gasteiger partial charge >= 0.3 is 0 Å². The smallest absolute Gasteiger partial charge is 0.138 e. The van der Waals surface area contributed by atoms with Gasteiger partial charge in [-0.1, -0.05) is 35.5 Å². The first-order valence-electron chi connectivity index (χ1n) is 5.44. The Labute approximate surface area is 105 Å². The maximum Gasteiger partial charge on any atom is 0.138 e. The number of nitrogens with zero attached hydrogens (tertiary/aromatic N) is 2. The van der Waals surface area contributed by atoms with E-state index < -0.39 is 0 Å². The zero-order valence-corrected chi connectivity index (χ0v) is 9.65. The minimum atomic E-state index is 0.507. The van der Waals surface area contributed by atoms with Gasteiger partial charge < -0.3 is 15.3 Å². The van der Waals surface area contributed by atoms with Crippen molar-refractivity contribution in [2.75, 3.05) is 5.32 Å². The molecule has 0 aliphatic rings. The van der Waals surface area contributed by atoms with Crippen molar-refractivity contribution in [1.29, 1.82) is 0 Å². The summed E-state index contributed by atoms with van der Waals surface area (Å²) in [6, 6.07) is 13.4. The van der Waals surface area contributed by atoms with E-state index in [-0.39, 0.29) is 0 Å². The minimum Gasteiger partial charge on any atom is -0.487 e. The van der Waals surface area contributed by atoms with Crippen LogP contribution in [0.4, 0.5) is 5.82 Å². The molecule has 0 bridgehead atoms. The largest absolute Gasteiger partial charge is 0.487 e. The topological polar surface area (TPSA) is 66.7 Å². The van der Waals surface area contributed by atoms with Gasteiger partial charge in [-0.15, -0.1) is 0 Å². The summed E-state index contributed by atoms with van der Waals surface area (Å²) in [5.74, 6) is 1.27. The van der Waals surface area contributed by atoms with Crippen LogP contribution in [-0.2, 0) is 6.61 Å². The third kappa shape index (κ3) is 3.48. The molecule has 0 unspecified atom stereocenters. The Balaban J connectivity index is 1.90. The van der Waals surface area contributed by atoms with Crippen LogP contribution in [0.2, 0.25) is 0 Å². The zero-order chi connectivity index (χ0) is 12.6. The van der Waals surface area contributed by atoms with Gasteiger partial charge in [-0.25, -0.2) is 4.98 Å². The molecule has 5 heteroatoms. The lowest BCUT2D eigenvalue weighted by Gasteiger charge is -2.06. The number of ether oxygens (including phenoxy) is 1. The highest BCUT2D eigenvalue weighted by atomic mass is 16.5. The first-order chi connectivity index (χ1) is 8.88. The Hall–Kier alpha value is -2.56. The van der Waals surface area contributed by atoms with Crippen molar-refractivity contribution >= 4 is 12.2 Å². The van der Waals surface area contributed by atoms with Gasteiger partial charge in [0.15, 0.2) is 0 Å². The fourth-order valence-electron chi connectivity index (χ4n) is 1.39. The number of aromatic nitrogens is 1. The lowest BCUT2D eigenvalue weighted by atomic mass is 10.2. The summed E-state index contributed by atoms with van der Waals surface area (Å²) in [5.41, 5.74) is 1.10. The van der Waals surface area contributed by atoms with Crippen LogP contribution >= 0.6 is 0 Å². The fourth-order valence-corrected chi connectivity index (χ4v) is 1.39. The number of pyridine rings is 1. The Morgan fingerprint density at radius 2 is 2.06 bits per heavy atom. The summed E-state index contributed by atoms with van der Waals surface area (Å²) in [4.78, 5) is 4.09. The molecule has 0 saturated carbocycles. The van der Waals surface area contributed by atoms with Crippen LogP contribution in [-0.4, -0.2) is 16.5 Å². The van der Waals surface area contributed by atoms with Gasteiger partial charge in [0.1, 0.15) is 24.5 Å². The van der Waals surface area contributed by atoms with Gasteiger partial charge in [0.2, 0.25) is 0 Å². The van der Waals surface area contributed by atoms with E-state index in [0.29, 0.717) is 18.2 Å². The van der Waals surface area contributed by atoms with Gasteiger partial charge in [0, 0.05) is 0 Å². The average molecular weight is 243 g/mol. The van der Waals surface area contributed by atoms with Crippen LogP contribution < -0.4 is 10.1 Å². The highest BCUT2D eigenvalue weighted by Gasteiger charge is 1.97. The number of oxime groups is 1. The lowest BCUT2D eigenvalue weighted by molar-refractivity contribution is 0.305. The Morgan fingerprint density at radius 3 is 2.72 bits per heavy atom. The van der Waals surface area contributed by atoms with E-state index in [1.165, 1.54) is 0 Å². The van der Waals surface area contributed by atoms with Gasteiger partial charge in [-0.05, 0) is 17.7 Å². The van der Waals surface area contributed by atoms with Crippen LogP contribution in [0.25, 0.3) is 0 Å². The highest BCUT2D eigenvalue weighted by Crippen LogP contribution is 2.13. The number of rotatable bonds is 5. The molecule has 0 aliphatic carbocycles. The minimum absolute atomic E-state index is 0.507. The molecule has 0 amide bonds. The van der Waals surface area contributed by atoms with Crippen molar-refractivity contribution in [2.24, 2.45) is 5.16 Å². The van der Waals surface area contributed by atoms with E-state index in [0.717, 1.165) is 11.9 Å². The third-order valence-corrected chi connectivity index (χ3v) is 2.25. The number of hydrogen-bond donors (Lipinski definition) is 2. The van der Waals surface area contributed by atoms with Gasteiger partial charge in [-0.3, -0.25) is 0 Å². The number of nitrogens with one attached hydrogen (secondary N) is 1. The lowest BCUT2D eigenvalue weighted by Crippen LogP contribution is -1.99. The summed E-state index contributed by atoms with van der Waals surface area (Å²) in [7, 11) is 0. The first kappa shape index (κ1) is 11.9. The molecule has 1 heterocycles. The molecule has 18 heavy (non-hydrogen) atoms. The summed E-state index contributed by atoms with van der Waals surface area (Å²) in [6.07, 6.45) is 2.75. The molecule has 0 fully saturated rings. The predicted molar refractivity (Wildman–Crippen MR) is 68.9 cm³/mol. The second-order valence-corrected chi connectivity index (χ2v) is 3.54. The molecule has 1 aromatic heterocycles. The monoisotopic (exact) mass is 243 g/mol. The standard InChI is InChI=1S/C13H13N3O2/c17-16-10-15-13-7-6-12(8-14-13)18-9-11-4-2-1-3-5-11/h1-8,10,17H,9H2,(H,14,15,16). The summed E-state index contributed by atoms with van der Waals surface area (Å²) < 4.78 is 5.58. The van der Waals surface area contributed by atoms with Gasteiger partial charge in [-0.2, -0.15) is 0 Å². The average Bonchev–Trinajstić information content (AvgIpc) is 2.45. The number of anilines is 1. The van der Waals surface area contributed by atoms with Crippen molar-refractivity contribution < 1.29 is 9.94 Å². The van der Waals surface area contributed by atoms with E-state index >= 15 is 0 Å². The molecule has 0 aliphatic heterocycles. The molecule has 0 saturated heterocycles. The SMILES string of the molecule is ON=CNc1ccc(OCc2ccccc2)cn1. The molecular formula is C13H13N3O2. The van der Waals surface area contributed by atoms with Crippen molar-refractivity contribution in [3.8, 4) is 5.75 Å². The van der Waals surface area contributed by atoms with E-state index in [1.54, 1.807) is 18.3 Å². The van der Waals surface area contributed by atoms with E-state index in [1.807, 2.05) is 30.3 Å². The van der Waals surface area contributed by atoms with Crippen molar-refractivity contribution in [3.63, 3.8) is 0 Å². The molecule has 0 spiro atoms. The Morgan fingerprint density at radius 1 is 1.22 bits per heavy atom. The van der Waals surface area contributed by atoms with E-state index in [4.69, 9.17) is 9.94 Å². The number of hydrogen-bond acceptors (Lipinski definition) is 4. The van der Waals surface area contributed by atoms with Crippen LogP contribution in [0, 0.1) is 0 Å². The maximum atomic E-state index is 8.25. The molecule has 5 nitrogen and oxygen atoms in total. The van der Waals surface area contributed by atoms with Crippen LogP contribution in [0.5, 0.6) is 5.75 Å². The first-order valence-corrected chi connectivity index (χ1v) is 5.44. The quantitative estimate of drug-likeness (QED) is 0.366. The fraction of sp³-hybridized carbons (Fsp3) is 0.0769. The van der Waals surface area contributed by atoms with E-state index in [2.05, 4.69) is 15.5 Å². The van der Waals surface area contributed by atoms with Crippen molar-refractivity contribution in [2.45, 2.75) is 6.61 Å². The predicted octanol–water partition coefficient (Wildman–Crippen LogP) is 2.49. The molecule has 0 radical (unpaired) electrons. The number of benzene rings is 1. The molecular weight excluding hydrogens is 230 g/mol. The summed E-state index contributed by atoms with van der Waals surface area (Å²) in [6.45, 7) is 0.507. The Kier molecular flexibility index (Phi) is 4.13. The summed E-state index contributed by atoms with van der Waals surface area (Å²) >= 11 is 0. The van der Waals surface area contributed by atoms with Crippen molar-refractivity contribution in [1.82, 2.24) is 4.98 Å². The van der Waals surface area contributed by atoms with Crippen LogP contribution in [0.3, 0.4) is 0 Å². The van der Waals surface area contributed by atoms with Crippen LogP contribution in [0.1, 0.15) is 5.56 Å². The molecule has 2 N–H and O–H groups in total. The Bertz CT molecular complexity index is 497. The highest BCUT2D eigenvalue weighted by molar-refractivity contribution is 5.72. The molecule has 2 rings (SSSR count). The molecule has 2 aromatic rings. The molecule has 0 atom stereocenters. The molecule has 1 aromatic carbocycles. The van der Waals surface area contributed by atoms with Crippen molar-refractivity contribution in [3.05, 3.63) is 54.2 Å². The molecule has 92 valence electrons. The zero-order valence-electron chi connectivity index (χ0n) is 9.65. The summed E-state index contributed by atoms with van der Waals surface area (Å²) in [5, 5.41) is 13.8. The third-order valence-electron chi connectivity index (χ3n) is 2.25. The van der Waals surface area contributed by atoms with Crippen LogP contribution in [0.15, 0.2) is 53.8 Å². The van der Waals surface area contributed by atoms with Gasteiger partial charge in [0.05, 0.1) is 6.20 Å².